The lowest BCUT2D eigenvalue weighted by Gasteiger charge is -2.06. The van der Waals surface area contributed by atoms with Crippen LogP contribution in [0.15, 0.2) is 109 Å². The van der Waals surface area contributed by atoms with Gasteiger partial charge in [-0.25, -0.2) is 9.67 Å². The molecule has 0 spiro atoms. The minimum absolute atomic E-state index is 0.866. The molecule has 0 fully saturated rings. The van der Waals surface area contributed by atoms with Crippen molar-refractivity contribution in [2.24, 2.45) is 0 Å². The molecule has 2 aromatic heterocycles. The van der Waals surface area contributed by atoms with E-state index in [-0.39, 0.29) is 0 Å². The Balaban J connectivity index is 1.61. The molecule has 0 N–H and O–H groups in total. The van der Waals surface area contributed by atoms with E-state index in [1.165, 1.54) is 16.7 Å². The van der Waals surface area contributed by atoms with Crippen LogP contribution in [0.4, 0.5) is 0 Å². The molecule has 6 aromatic rings. The molecule has 0 amide bonds. The van der Waals surface area contributed by atoms with Gasteiger partial charge in [-0.05, 0) is 48.4 Å². The Kier molecular flexibility index (Phi) is 4.32. The Bertz CT molecular complexity index is 1550. The van der Waals surface area contributed by atoms with Gasteiger partial charge in [0.1, 0.15) is 5.69 Å². The van der Waals surface area contributed by atoms with Crippen LogP contribution in [0.25, 0.3) is 50.0 Å². The third-order valence-corrected chi connectivity index (χ3v) is 5.88. The molecule has 2 heterocycles. The van der Waals surface area contributed by atoms with Crippen molar-refractivity contribution in [3.8, 4) is 28.1 Å². The van der Waals surface area contributed by atoms with E-state index in [2.05, 4.69) is 79.7 Å². The van der Waals surface area contributed by atoms with E-state index in [0.29, 0.717) is 0 Å². The molecule has 3 heteroatoms. The van der Waals surface area contributed by atoms with E-state index < -0.39 is 0 Å². The minimum Gasteiger partial charge on any atom is -0.228 e. The van der Waals surface area contributed by atoms with Crippen molar-refractivity contribution in [3.63, 3.8) is 0 Å². The number of hydrogen-bond acceptors (Lipinski definition) is 2. The molecule has 3 nitrogen and oxygen atoms in total. The molecule has 32 heavy (non-hydrogen) atoms. The van der Waals surface area contributed by atoms with Crippen molar-refractivity contribution in [2.75, 3.05) is 0 Å². The SMILES string of the molecule is Cc1ccc(-c2ccc3nc4c(cc3c2)c(-c2ccccc2)nn4-c2ccccc2)cc1. The van der Waals surface area contributed by atoms with E-state index in [9.17, 15) is 0 Å². The van der Waals surface area contributed by atoms with Gasteiger partial charge in [-0.15, -0.1) is 0 Å². The number of hydrogen-bond donors (Lipinski definition) is 0. The average molecular weight is 412 g/mol. The van der Waals surface area contributed by atoms with E-state index in [0.717, 1.165) is 38.9 Å². The van der Waals surface area contributed by atoms with Crippen LogP contribution in [0, 0.1) is 6.92 Å². The van der Waals surface area contributed by atoms with Gasteiger partial charge < -0.3 is 0 Å². The quantitative estimate of drug-likeness (QED) is 0.308. The Labute approximate surface area is 186 Å². The largest absolute Gasteiger partial charge is 0.228 e. The molecule has 0 saturated heterocycles. The lowest BCUT2D eigenvalue weighted by atomic mass is 10.0. The van der Waals surface area contributed by atoms with Crippen LogP contribution in [-0.4, -0.2) is 14.8 Å². The third kappa shape index (κ3) is 3.15. The number of aryl methyl sites for hydroxylation is 1. The van der Waals surface area contributed by atoms with Gasteiger partial charge in [-0.3, -0.25) is 0 Å². The number of nitrogens with zero attached hydrogens (tertiary/aromatic N) is 3. The van der Waals surface area contributed by atoms with Crippen molar-refractivity contribution >= 4 is 21.9 Å². The maximum absolute atomic E-state index is 5.05. The predicted octanol–water partition coefficient (Wildman–Crippen LogP) is 7.22. The summed E-state index contributed by atoms with van der Waals surface area (Å²) in [6.07, 6.45) is 0. The summed E-state index contributed by atoms with van der Waals surface area (Å²) in [5, 5.41) is 7.16. The first-order valence-corrected chi connectivity index (χ1v) is 10.8. The van der Waals surface area contributed by atoms with Crippen LogP contribution in [0.1, 0.15) is 5.56 Å². The first-order valence-electron chi connectivity index (χ1n) is 10.8. The van der Waals surface area contributed by atoms with Crippen LogP contribution >= 0.6 is 0 Å². The highest BCUT2D eigenvalue weighted by Gasteiger charge is 2.16. The molecular formula is C29H21N3. The van der Waals surface area contributed by atoms with Crippen molar-refractivity contribution in [3.05, 3.63) is 115 Å². The molecule has 4 aromatic carbocycles. The highest BCUT2D eigenvalue weighted by Crippen LogP contribution is 2.32. The van der Waals surface area contributed by atoms with Crippen LogP contribution in [0.3, 0.4) is 0 Å². The van der Waals surface area contributed by atoms with Crippen LogP contribution in [0.5, 0.6) is 0 Å². The summed E-state index contributed by atoms with van der Waals surface area (Å²) in [4.78, 5) is 5.05. The molecule has 0 aliphatic rings. The zero-order chi connectivity index (χ0) is 21.5. The minimum atomic E-state index is 0.866. The Morgan fingerprint density at radius 2 is 1.31 bits per heavy atom. The summed E-state index contributed by atoms with van der Waals surface area (Å²) in [7, 11) is 0. The van der Waals surface area contributed by atoms with Gasteiger partial charge in [0.2, 0.25) is 0 Å². The zero-order valence-corrected chi connectivity index (χ0v) is 17.7. The number of aromatic nitrogens is 3. The smallest absolute Gasteiger partial charge is 0.164 e. The van der Waals surface area contributed by atoms with Gasteiger partial charge in [0, 0.05) is 16.3 Å². The Morgan fingerprint density at radius 1 is 0.625 bits per heavy atom. The first kappa shape index (κ1) is 18.5. The van der Waals surface area contributed by atoms with Crippen molar-refractivity contribution < 1.29 is 0 Å². The summed E-state index contributed by atoms with van der Waals surface area (Å²) < 4.78 is 1.95. The predicted molar refractivity (Wildman–Crippen MR) is 132 cm³/mol. The highest BCUT2D eigenvalue weighted by atomic mass is 15.3. The number of rotatable bonds is 3. The second kappa shape index (κ2) is 7.47. The lowest BCUT2D eigenvalue weighted by molar-refractivity contribution is 0.903. The fraction of sp³-hybridized carbons (Fsp3) is 0.0345. The van der Waals surface area contributed by atoms with Crippen molar-refractivity contribution in [1.29, 1.82) is 0 Å². The van der Waals surface area contributed by atoms with Crippen LogP contribution in [0.2, 0.25) is 0 Å². The maximum Gasteiger partial charge on any atom is 0.164 e. The Morgan fingerprint density at radius 3 is 2.06 bits per heavy atom. The molecule has 0 unspecified atom stereocenters. The third-order valence-electron chi connectivity index (χ3n) is 5.88. The molecule has 0 bridgehead atoms. The number of benzene rings is 4. The van der Waals surface area contributed by atoms with E-state index in [1.54, 1.807) is 0 Å². The average Bonchev–Trinajstić information content (AvgIpc) is 3.22. The normalized spacial score (nSPS) is 11.3. The first-order chi connectivity index (χ1) is 15.8. The maximum atomic E-state index is 5.05. The van der Waals surface area contributed by atoms with Gasteiger partial charge in [0.15, 0.2) is 5.65 Å². The van der Waals surface area contributed by atoms with Crippen molar-refractivity contribution in [1.82, 2.24) is 14.8 Å². The van der Waals surface area contributed by atoms with Crippen molar-refractivity contribution in [2.45, 2.75) is 6.92 Å². The van der Waals surface area contributed by atoms with Crippen LogP contribution < -0.4 is 0 Å². The van der Waals surface area contributed by atoms with Gasteiger partial charge >= 0.3 is 0 Å². The molecule has 0 saturated carbocycles. The van der Waals surface area contributed by atoms with Gasteiger partial charge in [0.25, 0.3) is 0 Å². The fourth-order valence-electron chi connectivity index (χ4n) is 4.19. The summed E-state index contributed by atoms with van der Waals surface area (Å²) in [6, 6.07) is 37.9. The van der Waals surface area contributed by atoms with E-state index in [1.807, 2.05) is 41.1 Å². The lowest BCUT2D eigenvalue weighted by Crippen LogP contribution is -1.97. The summed E-state index contributed by atoms with van der Waals surface area (Å²) in [6.45, 7) is 2.11. The topological polar surface area (TPSA) is 30.7 Å². The molecule has 0 aliphatic carbocycles. The summed E-state index contributed by atoms with van der Waals surface area (Å²) >= 11 is 0. The number of pyridine rings is 1. The zero-order valence-electron chi connectivity index (χ0n) is 17.7. The summed E-state index contributed by atoms with van der Waals surface area (Å²) in [5.41, 5.74) is 8.52. The monoisotopic (exact) mass is 411 g/mol. The second-order valence-electron chi connectivity index (χ2n) is 8.10. The van der Waals surface area contributed by atoms with Gasteiger partial charge in [-0.1, -0.05) is 84.4 Å². The number of fused-ring (bicyclic) bond motifs is 2. The second-order valence-corrected chi connectivity index (χ2v) is 8.10. The number of para-hydroxylation sites is 1. The van der Waals surface area contributed by atoms with Gasteiger partial charge in [0.05, 0.1) is 11.2 Å². The standard InChI is InChI=1S/C29H21N3/c1-20-12-14-21(15-13-20)23-16-17-27-24(18-23)19-26-28(22-8-4-2-5-9-22)31-32(29(26)30-27)25-10-6-3-7-11-25/h2-19H,1H3. The molecule has 0 atom stereocenters. The Hall–Kier alpha value is -4.24. The molecule has 6 rings (SSSR count). The van der Waals surface area contributed by atoms with Gasteiger partial charge in [-0.2, -0.15) is 5.10 Å². The molecule has 0 aliphatic heterocycles. The fourth-order valence-corrected chi connectivity index (χ4v) is 4.19. The molecule has 152 valence electrons. The summed E-state index contributed by atoms with van der Waals surface area (Å²) in [5.74, 6) is 0. The highest BCUT2D eigenvalue weighted by molar-refractivity contribution is 6.00. The van der Waals surface area contributed by atoms with E-state index in [4.69, 9.17) is 10.1 Å². The van der Waals surface area contributed by atoms with E-state index >= 15 is 0 Å². The van der Waals surface area contributed by atoms with Crippen LogP contribution in [-0.2, 0) is 0 Å². The molecule has 0 radical (unpaired) electrons. The molecular weight excluding hydrogens is 390 g/mol.